The predicted molar refractivity (Wildman–Crippen MR) is 80.1 cm³/mol. The molecule has 0 fully saturated rings. The van der Waals surface area contributed by atoms with Crippen molar-refractivity contribution in [2.75, 3.05) is 13.7 Å². The number of benzene rings is 1. The SMILES string of the molecule is CC.CCOC(C)=NC(=O)c1ccc([N+](=O)[O-])c(OC)c1. The van der Waals surface area contributed by atoms with Gasteiger partial charge >= 0.3 is 5.69 Å². The normalized spacial score (nSPS) is 10.2. The van der Waals surface area contributed by atoms with E-state index in [2.05, 4.69) is 4.99 Å². The van der Waals surface area contributed by atoms with Gasteiger partial charge < -0.3 is 9.47 Å². The number of ether oxygens (including phenoxy) is 2. The Hall–Kier alpha value is -2.44. The second kappa shape index (κ2) is 9.46. The van der Waals surface area contributed by atoms with Crippen molar-refractivity contribution < 1.29 is 19.2 Å². The molecular weight excluding hydrogens is 276 g/mol. The monoisotopic (exact) mass is 296 g/mol. The van der Waals surface area contributed by atoms with E-state index < -0.39 is 10.8 Å². The van der Waals surface area contributed by atoms with Crippen molar-refractivity contribution in [3.05, 3.63) is 33.9 Å². The van der Waals surface area contributed by atoms with Gasteiger partial charge in [0.1, 0.15) is 0 Å². The number of aliphatic imine (C=N–C) groups is 1. The number of rotatable bonds is 4. The number of amides is 1. The molecule has 0 aliphatic carbocycles. The highest BCUT2D eigenvalue weighted by atomic mass is 16.6. The Bertz CT molecular complexity index is 526. The summed E-state index contributed by atoms with van der Waals surface area (Å²) < 4.78 is 9.92. The summed E-state index contributed by atoms with van der Waals surface area (Å²) in [5, 5.41) is 10.7. The fourth-order valence-electron chi connectivity index (χ4n) is 1.41. The molecular formula is C14H20N2O5. The highest BCUT2D eigenvalue weighted by molar-refractivity contribution is 6.01. The van der Waals surface area contributed by atoms with Crippen molar-refractivity contribution >= 4 is 17.5 Å². The highest BCUT2D eigenvalue weighted by Gasteiger charge is 2.17. The van der Waals surface area contributed by atoms with Gasteiger partial charge in [-0.2, -0.15) is 4.99 Å². The van der Waals surface area contributed by atoms with Crippen LogP contribution in [0.2, 0.25) is 0 Å². The third-order valence-electron chi connectivity index (χ3n) is 2.24. The lowest BCUT2D eigenvalue weighted by Gasteiger charge is -2.04. The van der Waals surface area contributed by atoms with Crippen molar-refractivity contribution in [3.8, 4) is 5.75 Å². The van der Waals surface area contributed by atoms with E-state index in [1.54, 1.807) is 13.8 Å². The minimum atomic E-state index is -0.582. The molecule has 0 aromatic heterocycles. The van der Waals surface area contributed by atoms with Gasteiger partial charge in [0, 0.05) is 24.6 Å². The maximum absolute atomic E-state index is 11.8. The first-order chi connectivity index (χ1) is 9.99. The zero-order valence-electron chi connectivity index (χ0n) is 12.9. The van der Waals surface area contributed by atoms with Crippen LogP contribution in [0, 0.1) is 10.1 Å². The first-order valence-corrected chi connectivity index (χ1v) is 6.54. The van der Waals surface area contributed by atoms with E-state index >= 15 is 0 Å². The molecule has 0 heterocycles. The summed E-state index contributed by atoms with van der Waals surface area (Å²) in [6.45, 7) is 7.74. The molecule has 1 aromatic rings. The van der Waals surface area contributed by atoms with Crippen LogP contribution >= 0.6 is 0 Å². The molecule has 1 aromatic carbocycles. The minimum Gasteiger partial charge on any atom is -0.490 e. The van der Waals surface area contributed by atoms with Gasteiger partial charge in [0.25, 0.3) is 5.91 Å². The predicted octanol–water partition coefficient (Wildman–Crippen LogP) is 3.22. The lowest BCUT2D eigenvalue weighted by molar-refractivity contribution is -0.385. The third-order valence-corrected chi connectivity index (χ3v) is 2.24. The Morgan fingerprint density at radius 2 is 2.00 bits per heavy atom. The van der Waals surface area contributed by atoms with Gasteiger partial charge in [-0.1, -0.05) is 13.8 Å². The van der Waals surface area contributed by atoms with E-state index in [-0.39, 0.29) is 22.9 Å². The van der Waals surface area contributed by atoms with Crippen molar-refractivity contribution in [2.45, 2.75) is 27.7 Å². The maximum Gasteiger partial charge on any atom is 0.310 e. The zero-order valence-corrected chi connectivity index (χ0v) is 12.9. The van der Waals surface area contributed by atoms with E-state index in [0.717, 1.165) is 0 Å². The number of carbonyl (C=O) groups is 1. The summed E-state index contributed by atoms with van der Waals surface area (Å²) in [4.78, 5) is 25.6. The Balaban J connectivity index is 0.00000191. The number of nitro benzene ring substituents is 1. The number of methoxy groups -OCH3 is 1. The second-order valence-electron chi connectivity index (χ2n) is 3.51. The van der Waals surface area contributed by atoms with Gasteiger partial charge in [-0.25, -0.2) is 0 Å². The standard InChI is InChI=1S/C12H14N2O5.C2H6/c1-4-19-8(2)13-12(15)9-5-6-10(14(16)17)11(7-9)18-3;1-2/h5-7H,4H2,1-3H3;1-2H3. The van der Waals surface area contributed by atoms with Gasteiger partial charge in [-0.05, 0) is 13.0 Å². The second-order valence-corrected chi connectivity index (χ2v) is 3.51. The average Bonchev–Trinajstić information content (AvgIpc) is 2.48. The smallest absolute Gasteiger partial charge is 0.310 e. The van der Waals surface area contributed by atoms with Gasteiger partial charge in [-0.3, -0.25) is 14.9 Å². The summed E-state index contributed by atoms with van der Waals surface area (Å²) >= 11 is 0. The van der Waals surface area contributed by atoms with Gasteiger partial charge in [0.05, 0.1) is 18.6 Å². The average molecular weight is 296 g/mol. The molecule has 0 saturated carbocycles. The van der Waals surface area contributed by atoms with Crippen LogP contribution < -0.4 is 4.74 Å². The maximum atomic E-state index is 11.8. The van der Waals surface area contributed by atoms with E-state index in [9.17, 15) is 14.9 Å². The highest BCUT2D eigenvalue weighted by Crippen LogP contribution is 2.27. The molecule has 0 unspecified atom stereocenters. The number of nitrogens with zero attached hydrogens (tertiary/aromatic N) is 2. The molecule has 1 rings (SSSR count). The van der Waals surface area contributed by atoms with Crippen LogP contribution in [0.1, 0.15) is 38.1 Å². The van der Waals surface area contributed by atoms with Crippen LogP contribution in [0.3, 0.4) is 0 Å². The van der Waals surface area contributed by atoms with Crippen LogP contribution in [0.4, 0.5) is 5.69 Å². The minimum absolute atomic E-state index is 0.0140. The third kappa shape index (κ3) is 5.60. The molecule has 21 heavy (non-hydrogen) atoms. The molecule has 7 heteroatoms. The molecule has 0 aliphatic rings. The summed E-state index contributed by atoms with van der Waals surface area (Å²) in [7, 11) is 1.30. The molecule has 0 saturated heterocycles. The molecule has 1 amide bonds. The number of nitro groups is 1. The van der Waals surface area contributed by atoms with Crippen molar-refractivity contribution in [3.63, 3.8) is 0 Å². The fourth-order valence-corrected chi connectivity index (χ4v) is 1.41. The molecule has 7 nitrogen and oxygen atoms in total. The molecule has 116 valence electrons. The van der Waals surface area contributed by atoms with Crippen LogP contribution in [0.15, 0.2) is 23.2 Å². The molecule has 0 atom stereocenters. The van der Waals surface area contributed by atoms with Crippen LogP contribution in [-0.4, -0.2) is 30.4 Å². The van der Waals surface area contributed by atoms with Crippen LogP contribution in [0.5, 0.6) is 5.75 Å². The van der Waals surface area contributed by atoms with E-state index in [1.807, 2.05) is 13.8 Å². The fraction of sp³-hybridized carbons (Fsp3) is 0.429. The number of hydrogen-bond donors (Lipinski definition) is 0. The van der Waals surface area contributed by atoms with Crippen molar-refractivity contribution in [1.82, 2.24) is 0 Å². The molecule has 0 radical (unpaired) electrons. The Morgan fingerprint density at radius 1 is 1.38 bits per heavy atom. The first-order valence-electron chi connectivity index (χ1n) is 6.54. The summed E-state index contributed by atoms with van der Waals surface area (Å²) in [5.74, 6) is -0.288. The number of hydrogen-bond acceptors (Lipinski definition) is 5. The zero-order chi connectivity index (χ0) is 16.4. The van der Waals surface area contributed by atoms with Gasteiger partial charge in [-0.15, -0.1) is 0 Å². The Morgan fingerprint density at radius 3 is 2.48 bits per heavy atom. The first kappa shape index (κ1) is 18.6. The van der Waals surface area contributed by atoms with Gasteiger partial charge in [0.2, 0.25) is 0 Å². The molecule has 0 bridgehead atoms. The van der Waals surface area contributed by atoms with E-state index in [0.29, 0.717) is 6.61 Å². The van der Waals surface area contributed by atoms with Crippen LogP contribution in [0.25, 0.3) is 0 Å². The lowest BCUT2D eigenvalue weighted by Crippen LogP contribution is -2.05. The molecule has 0 N–H and O–H groups in total. The Labute approximate surface area is 123 Å². The Kier molecular flexibility index (Phi) is 8.36. The van der Waals surface area contributed by atoms with Gasteiger partial charge in [0.15, 0.2) is 11.6 Å². The number of carbonyl (C=O) groups excluding carboxylic acids is 1. The van der Waals surface area contributed by atoms with Crippen molar-refractivity contribution in [1.29, 1.82) is 0 Å². The van der Waals surface area contributed by atoms with E-state index in [4.69, 9.17) is 9.47 Å². The summed E-state index contributed by atoms with van der Waals surface area (Å²) in [6, 6.07) is 3.81. The quantitative estimate of drug-likeness (QED) is 0.368. The molecule has 0 aliphatic heterocycles. The van der Waals surface area contributed by atoms with E-state index in [1.165, 1.54) is 25.3 Å². The van der Waals surface area contributed by atoms with Crippen molar-refractivity contribution in [2.24, 2.45) is 4.99 Å². The largest absolute Gasteiger partial charge is 0.490 e. The van der Waals surface area contributed by atoms with Crippen LogP contribution in [-0.2, 0) is 4.74 Å². The topological polar surface area (TPSA) is 91.0 Å². The summed E-state index contributed by atoms with van der Waals surface area (Å²) in [5.41, 5.74) is -0.00828. The molecule has 0 spiro atoms. The summed E-state index contributed by atoms with van der Waals surface area (Å²) in [6.07, 6.45) is 0. The lowest BCUT2D eigenvalue weighted by atomic mass is 10.2.